The Morgan fingerprint density at radius 1 is 1.40 bits per heavy atom. The normalized spacial score (nSPS) is 12.5. The SMILES string of the molecule is CCC(C)N(CC(=O)O)C(=O)c1cc(C(C)C)nn1C. The van der Waals surface area contributed by atoms with E-state index in [1.807, 2.05) is 27.7 Å². The number of aromatic nitrogens is 2. The Morgan fingerprint density at radius 3 is 2.40 bits per heavy atom. The topological polar surface area (TPSA) is 75.4 Å². The van der Waals surface area contributed by atoms with Crippen LogP contribution in [0.25, 0.3) is 0 Å². The van der Waals surface area contributed by atoms with Crippen LogP contribution < -0.4 is 0 Å². The van der Waals surface area contributed by atoms with Gasteiger partial charge in [-0.15, -0.1) is 0 Å². The number of hydrogen-bond acceptors (Lipinski definition) is 3. The number of nitrogens with zero attached hydrogens (tertiary/aromatic N) is 3. The van der Waals surface area contributed by atoms with Gasteiger partial charge in [-0.3, -0.25) is 14.3 Å². The van der Waals surface area contributed by atoms with E-state index >= 15 is 0 Å². The molecule has 1 rings (SSSR count). The maximum atomic E-state index is 12.5. The van der Waals surface area contributed by atoms with Crippen LogP contribution in [0, 0.1) is 0 Å². The Labute approximate surface area is 119 Å². The van der Waals surface area contributed by atoms with Crippen LogP contribution in [0.15, 0.2) is 6.07 Å². The fourth-order valence-corrected chi connectivity index (χ4v) is 1.91. The summed E-state index contributed by atoms with van der Waals surface area (Å²) < 4.78 is 1.52. The average Bonchev–Trinajstić information content (AvgIpc) is 2.76. The van der Waals surface area contributed by atoms with Crippen molar-refractivity contribution in [2.24, 2.45) is 7.05 Å². The van der Waals surface area contributed by atoms with Crippen LogP contribution in [-0.2, 0) is 11.8 Å². The number of rotatable bonds is 6. The van der Waals surface area contributed by atoms with Crippen molar-refractivity contribution in [2.75, 3.05) is 6.54 Å². The van der Waals surface area contributed by atoms with E-state index in [0.717, 1.165) is 5.69 Å². The van der Waals surface area contributed by atoms with Gasteiger partial charge in [-0.2, -0.15) is 5.10 Å². The van der Waals surface area contributed by atoms with Gasteiger partial charge in [-0.25, -0.2) is 0 Å². The molecule has 112 valence electrons. The van der Waals surface area contributed by atoms with Crippen molar-refractivity contribution in [1.82, 2.24) is 14.7 Å². The Hall–Kier alpha value is -1.85. The van der Waals surface area contributed by atoms with Gasteiger partial charge >= 0.3 is 5.97 Å². The molecule has 0 bridgehead atoms. The Morgan fingerprint density at radius 2 is 2.00 bits per heavy atom. The molecule has 1 unspecified atom stereocenters. The van der Waals surface area contributed by atoms with Crippen LogP contribution in [0.1, 0.15) is 56.2 Å². The quantitative estimate of drug-likeness (QED) is 0.863. The van der Waals surface area contributed by atoms with Crippen LogP contribution in [0.5, 0.6) is 0 Å². The monoisotopic (exact) mass is 281 g/mol. The molecule has 0 spiro atoms. The van der Waals surface area contributed by atoms with Gasteiger partial charge in [0.05, 0.1) is 5.69 Å². The van der Waals surface area contributed by atoms with Crippen molar-refractivity contribution in [3.63, 3.8) is 0 Å². The lowest BCUT2D eigenvalue weighted by molar-refractivity contribution is -0.138. The second kappa shape index (κ2) is 6.54. The fourth-order valence-electron chi connectivity index (χ4n) is 1.91. The largest absolute Gasteiger partial charge is 0.480 e. The van der Waals surface area contributed by atoms with Gasteiger partial charge in [-0.1, -0.05) is 20.8 Å². The van der Waals surface area contributed by atoms with Crippen molar-refractivity contribution >= 4 is 11.9 Å². The van der Waals surface area contributed by atoms with E-state index in [1.165, 1.54) is 9.58 Å². The number of carboxylic acid groups (broad SMARTS) is 1. The summed E-state index contributed by atoms with van der Waals surface area (Å²) in [6, 6.07) is 1.61. The Kier molecular flexibility index (Phi) is 5.30. The lowest BCUT2D eigenvalue weighted by Gasteiger charge is -2.26. The van der Waals surface area contributed by atoms with Gasteiger partial charge in [-0.05, 0) is 25.3 Å². The molecular formula is C14H23N3O3. The van der Waals surface area contributed by atoms with Crippen molar-refractivity contribution in [1.29, 1.82) is 0 Å². The van der Waals surface area contributed by atoms with E-state index in [0.29, 0.717) is 12.1 Å². The first kappa shape index (κ1) is 16.2. The predicted molar refractivity (Wildman–Crippen MR) is 75.7 cm³/mol. The minimum atomic E-state index is -1.01. The molecule has 0 radical (unpaired) electrons. The third-order valence-electron chi connectivity index (χ3n) is 3.40. The summed E-state index contributed by atoms with van der Waals surface area (Å²) in [5, 5.41) is 13.3. The lowest BCUT2D eigenvalue weighted by atomic mass is 10.1. The Bertz CT molecular complexity index is 494. The number of amides is 1. The molecule has 0 fully saturated rings. The van der Waals surface area contributed by atoms with Crippen LogP contribution in [0.2, 0.25) is 0 Å². The average molecular weight is 281 g/mol. The number of aliphatic carboxylic acids is 1. The van der Waals surface area contributed by atoms with Gasteiger partial charge in [0.2, 0.25) is 0 Å². The summed E-state index contributed by atoms with van der Waals surface area (Å²) in [5.74, 6) is -1.08. The molecule has 0 aliphatic carbocycles. The number of carbonyl (C=O) groups excluding carboxylic acids is 1. The zero-order valence-electron chi connectivity index (χ0n) is 12.8. The van der Waals surface area contributed by atoms with Gasteiger partial charge in [0.1, 0.15) is 12.2 Å². The zero-order valence-corrected chi connectivity index (χ0v) is 12.8. The standard InChI is InChI=1S/C14H23N3O3/c1-6-10(4)17(8-13(18)19)14(20)12-7-11(9(2)3)15-16(12)5/h7,9-10H,6,8H2,1-5H3,(H,18,19). The minimum absolute atomic E-state index is 0.129. The molecule has 1 aromatic heterocycles. The van der Waals surface area contributed by atoms with Gasteiger partial charge in [0, 0.05) is 13.1 Å². The third kappa shape index (κ3) is 3.59. The summed E-state index contributed by atoms with van der Waals surface area (Å²) in [7, 11) is 1.70. The van der Waals surface area contributed by atoms with Gasteiger partial charge in [0.15, 0.2) is 0 Å². The van der Waals surface area contributed by atoms with Crippen molar-refractivity contribution in [3.05, 3.63) is 17.5 Å². The molecule has 1 heterocycles. The smallest absolute Gasteiger partial charge is 0.323 e. The maximum Gasteiger partial charge on any atom is 0.323 e. The van der Waals surface area contributed by atoms with E-state index in [-0.39, 0.29) is 24.4 Å². The molecule has 1 atom stereocenters. The molecule has 0 saturated heterocycles. The van der Waals surface area contributed by atoms with Crippen LogP contribution in [0.4, 0.5) is 0 Å². The van der Waals surface area contributed by atoms with Gasteiger partial charge < -0.3 is 10.0 Å². The van der Waals surface area contributed by atoms with Crippen molar-refractivity contribution < 1.29 is 14.7 Å². The Balaban J connectivity index is 3.08. The van der Waals surface area contributed by atoms with E-state index in [4.69, 9.17) is 5.11 Å². The molecule has 0 saturated carbocycles. The summed E-state index contributed by atoms with van der Waals surface area (Å²) in [5.41, 5.74) is 1.26. The zero-order chi connectivity index (χ0) is 15.4. The van der Waals surface area contributed by atoms with Crippen LogP contribution in [-0.4, -0.2) is 44.3 Å². The van der Waals surface area contributed by atoms with E-state index < -0.39 is 5.97 Å². The van der Waals surface area contributed by atoms with E-state index in [1.54, 1.807) is 13.1 Å². The van der Waals surface area contributed by atoms with Crippen molar-refractivity contribution in [2.45, 2.75) is 46.1 Å². The first-order valence-electron chi connectivity index (χ1n) is 6.84. The van der Waals surface area contributed by atoms with Gasteiger partial charge in [0.25, 0.3) is 5.91 Å². The first-order valence-corrected chi connectivity index (χ1v) is 6.84. The molecule has 1 aromatic rings. The van der Waals surface area contributed by atoms with E-state index in [9.17, 15) is 9.59 Å². The van der Waals surface area contributed by atoms with Crippen LogP contribution >= 0.6 is 0 Å². The summed E-state index contributed by atoms with van der Waals surface area (Å²) in [6.07, 6.45) is 0.702. The fraction of sp³-hybridized carbons (Fsp3) is 0.643. The minimum Gasteiger partial charge on any atom is -0.480 e. The van der Waals surface area contributed by atoms with E-state index in [2.05, 4.69) is 5.10 Å². The molecule has 0 aliphatic rings. The summed E-state index contributed by atoms with van der Waals surface area (Å²) in [6.45, 7) is 7.48. The highest BCUT2D eigenvalue weighted by Crippen LogP contribution is 2.16. The second-order valence-electron chi connectivity index (χ2n) is 5.32. The molecule has 1 N–H and O–H groups in total. The molecule has 20 heavy (non-hydrogen) atoms. The molecule has 0 aromatic carbocycles. The third-order valence-corrected chi connectivity index (χ3v) is 3.40. The highest BCUT2D eigenvalue weighted by atomic mass is 16.4. The summed E-state index contributed by atoms with van der Waals surface area (Å²) >= 11 is 0. The lowest BCUT2D eigenvalue weighted by Crippen LogP contribution is -2.42. The number of aryl methyl sites for hydroxylation is 1. The molecule has 0 aliphatic heterocycles. The molecule has 1 amide bonds. The number of carboxylic acids is 1. The maximum absolute atomic E-state index is 12.5. The first-order chi connectivity index (χ1) is 9.27. The molecule has 6 heteroatoms. The molecular weight excluding hydrogens is 258 g/mol. The highest BCUT2D eigenvalue weighted by Gasteiger charge is 2.26. The summed E-state index contributed by atoms with van der Waals surface area (Å²) in [4.78, 5) is 24.9. The molecule has 6 nitrogen and oxygen atoms in total. The highest BCUT2D eigenvalue weighted by molar-refractivity contribution is 5.94. The van der Waals surface area contributed by atoms with Crippen LogP contribution in [0.3, 0.4) is 0 Å². The number of carbonyl (C=O) groups is 2. The van der Waals surface area contributed by atoms with Crippen molar-refractivity contribution in [3.8, 4) is 0 Å². The predicted octanol–water partition coefficient (Wildman–Crippen LogP) is 1.87. The second-order valence-corrected chi connectivity index (χ2v) is 5.32. The number of hydrogen-bond donors (Lipinski definition) is 1.